The zero-order valence-electron chi connectivity index (χ0n) is 14.5. The first-order chi connectivity index (χ1) is 12.4. The van der Waals surface area contributed by atoms with Crippen molar-refractivity contribution in [3.63, 3.8) is 0 Å². The molecule has 0 aromatic heterocycles. The summed E-state index contributed by atoms with van der Waals surface area (Å²) in [5.74, 6) is -0.851. The highest BCUT2D eigenvalue weighted by Crippen LogP contribution is 2.32. The fourth-order valence-electron chi connectivity index (χ4n) is 2.61. The Hall–Kier alpha value is -2.86. The Morgan fingerprint density at radius 3 is 2.46 bits per heavy atom. The van der Waals surface area contributed by atoms with Gasteiger partial charge in [0.05, 0.1) is 4.91 Å². The molecule has 0 atom stereocenters. The second-order valence-electron chi connectivity index (χ2n) is 6.10. The number of benzene rings is 2. The molecule has 0 spiro atoms. The van der Waals surface area contributed by atoms with Crippen molar-refractivity contribution in [1.29, 1.82) is 0 Å². The summed E-state index contributed by atoms with van der Waals surface area (Å²) in [6.45, 7) is 3.57. The van der Waals surface area contributed by atoms with Gasteiger partial charge in [0.1, 0.15) is 6.54 Å². The molecule has 1 heterocycles. The van der Waals surface area contributed by atoms with E-state index in [0.29, 0.717) is 10.6 Å². The van der Waals surface area contributed by atoms with Crippen LogP contribution >= 0.6 is 11.8 Å². The lowest BCUT2D eigenvalue weighted by Gasteiger charge is -2.12. The van der Waals surface area contributed by atoms with E-state index in [1.54, 1.807) is 12.1 Å². The van der Waals surface area contributed by atoms with Gasteiger partial charge in [-0.2, -0.15) is 0 Å². The Labute approximate surface area is 156 Å². The molecular formula is C20H18N2O3S. The number of hydrogen-bond donors (Lipinski definition) is 1. The third-order valence-corrected chi connectivity index (χ3v) is 4.72. The molecule has 1 saturated heterocycles. The predicted octanol–water partition coefficient (Wildman–Crippen LogP) is 3.98. The molecule has 0 saturated carbocycles. The summed E-state index contributed by atoms with van der Waals surface area (Å²) in [6.07, 6.45) is 1.68. The van der Waals surface area contributed by atoms with Gasteiger partial charge in [-0.1, -0.05) is 42.0 Å². The fourth-order valence-corrected chi connectivity index (χ4v) is 3.45. The number of nitrogens with one attached hydrogen (secondary N) is 1. The molecule has 3 rings (SSSR count). The highest BCUT2D eigenvalue weighted by molar-refractivity contribution is 8.18. The number of carbonyl (C=O) groups excluding carboxylic acids is 3. The summed E-state index contributed by atoms with van der Waals surface area (Å²) in [5, 5.41) is 2.27. The van der Waals surface area contributed by atoms with Crippen LogP contribution in [0.3, 0.4) is 0 Å². The Morgan fingerprint density at radius 1 is 1.08 bits per heavy atom. The molecule has 0 bridgehead atoms. The topological polar surface area (TPSA) is 66.5 Å². The second kappa shape index (κ2) is 7.58. The van der Waals surface area contributed by atoms with Crippen LogP contribution in [0.25, 0.3) is 6.08 Å². The molecule has 2 aromatic carbocycles. The quantitative estimate of drug-likeness (QED) is 0.831. The molecule has 6 heteroatoms. The highest BCUT2D eigenvalue weighted by Gasteiger charge is 2.36. The molecule has 1 fully saturated rings. The lowest BCUT2D eigenvalue weighted by molar-refractivity contribution is -0.127. The van der Waals surface area contributed by atoms with Crippen LogP contribution in [-0.4, -0.2) is 28.5 Å². The van der Waals surface area contributed by atoms with Gasteiger partial charge < -0.3 is 5.32 Å². The smallest absolute Gasteiger partial charge is 0.294 e. The fraction of sp³-hybridized carbons (Fsp3) is 0.150. The Bertz CT molecular complexity index is 921. The largest absolute Gasteiger partial charge is 0.325 e. The average Bonchev–Trinajstić information content (AvgIpc) is 2.82. The van der Waals surface area contributed by atoms with E-state index in [0.717, 1.165) is 33.4 Å². The first-order valence-corrected chi connectivity index (χ1v) is 8.92. The maximum atomic E-state index is 12.5. The Morgan fingerprint density at radius 2 is 1.77 bits per heavy atom. The maximum absolute atomic E-state index is 12.5. The zero-order chi connectivity index (χ0) is 18.7. The minimum Gasteiger partial charge on any atom is -0.325 e. The zero-order valence-corrected chi connectivity index (χ0v) is 15.3. The predicted molar refractivity (Wildman–Crippen MR) is 104 cm³/mol. The number of rotatable bonds is 4. The first kappa shape index (κ1) is 17.9. The summed E-state index contributed by atoms with van der Waals surface area (Å²) >= 11 is 0.852. The average molecular weight is 366 g/mol. The van der Waals surface area contributed by atoms with Gasteiger partial charge in [-0.05, 0) is 54.9 Å². The van der Waals surface area contributed by atoms with Crippen LogP contribution in [0.4, 0.5) is 10.5 Å². The molecule has 132 valence electrons. The van der Waals surface area contributed by atoms with Crippen molar-refractivity contribution in [2.45, 2.75) is 13.8 Å². The van der Waals surface area contributed by atoms with Crippen LogP contribution in [0, 0.1) is 13.8 Å². The van der Waals surface area contributed by atoms with E-state index in [1.807, 2.05) is 56.3 Å². The standard InChI is InChI=1S/C20H18N2O3S/c1-13-5-3-7-15(9-13)11-17-19(24)22(20(25)26-17)12-18(23)21-16-8-4-6-14(2)10-16/h3-11H,12H2,1-2H3,(H,21,23). The monoisotopic (exact) mass is 366 g/mol. The highest BCUT2D eigenvalue weighted by atomic mass is 32.2. The van der Waals surface area contributed by atoms with Crippen LogP contribution < -0.4 is 5.32 Å². The van der Waals surface area contributed by atoms with E-state index in [9.17, 15) is 14.4 Å². The SMILES string of the molecule is Cc1cccc(C=C2SC(=O)N(CC(=O)Nc3cccc(C)c3)C2=O)c1. The number of thioether (sulfide) groups is 1. The van der Waals surface area contributed by atoms with Gasteiger partial charge in [0.2, 0.25) is 5.91 Å². The van der Waals surface area contributed by atoms with Gasteiger partial charge in [-0.25, -0.2) is 0 Å². The van der Waals surface area contributed by atoms with Crippen molar-refractivity contribution in [3.8, 4) is 0 Å². The number of imide groups is 1. The number of anilines is 1. The minimum absolute atomic E-state index is 0.302. The molecular weight excluding hydrogens is 348 g/mol. The first-order valence-electron chi connectivity index (χ1n) is 8.11. The van der Waals surface area contributed by atoms with Crippen LogP contribution in [0.15, 0.2) is 53.4 Å². The van der Waals surface area contributed by atoms with Crippen molar-refractivity contribution in [3.05, 3.63) is 70.1 Å². The third kappa shape index (κ3) is 4.21. The van der Waals surface area contributed by atoms with E-state index in [1.165, 1.54) is 0 Å². The summed E-state index contributed by atoms with van der Waals surface area (Å²) in [6, 6.07) is 15.0. The minimum atomic E-state index is -0.444. The third-order valence-electron chi connectivity index (χ3n) is 3.82. The van der Waals surface area contributed by atoms with E-state index >= 15 is 0 Å². The lowest BCUT2D eigenvalue weighted by atomic mass is 10.1. The van der Waals surface area contributed by atoms with Crippen molar-refractivity contribution in [1.82, 2.24) is 4.90 Å². The summed E-state index contributed by atoms with van der Waals surface area (Å²) in [4.78, 5) is 38.1. The molecule has 0 radical (unpaired) electrons. The van der Waals surface area contributed by atoms with Crippen LogP contribution in [0.1, 0.15) is 16.7 Å². The van der Waals surface area contributed by atoms with E-state index in [-0.39, 0.29) is 6.54 Å². The number of hydrogen-bond acceptors (Lipinski definition) is 4. The summed E-state index contributed by atoms with van der Waals surface area (Å²) < 4.78 is 0. The van der Waals surface area contributed by atoms with Gasteiger partial charge in [-0.3, -0.25) is 19.3 Å². The van der Waals surface area contributed by atoms with Gasteiger partial charge >= 0.3 is 0 Å². The van der Waals surface area contributed by atoms with Crippen molar-refractivity contribution >= 4 is 40.6 Å². The molecule has 0 aliphatic carbocycles. The number of carbonyl (C=O) groups is 3. The number of amides is 3. The van der Waals surface area contributed by atoms with Crippen molar-refractivity contribution in [2.24, 2.45) is 0 Å². The molecule has 1 aliphatic rings. The molecule has 0 unspecified atom stereocenters. The Balaban J connectivity index is 1.70. The van der Waals surface area contributed by atoms with Gasteiger partial charge in [0, 0.05) is 5.69 Å². The Kier molecular flexibility index (Phi) is 5.23. The molecule has 3 amide bonds. The number of aryl methyl sites for hydroxylation is 2. The van der Waals surface area contributed by atoms with Crippen molar-refractivity contribution in [2.75, 3.05) is 11.9 Å². The maximum Gasteiger partial charge on any atom is 0.294 e. The molecule has 1 aliphatic heterocycles. The number of nitrogens with zero attached hydrogens (tertiary/aromatic N) is 1. The van der Waals surface area contributed by atoms with Gasteiger partial charge in [-0.15, -0.1) is 0 Å². The molecule has 2 aromatic rings. The van der Waals surface area contributed by atoms with Crippen molar-refractivity contribution < 1.29 is 14.4 Å². The summed E-state index contributed by atoms with van der Waals surface area (Å²) in [7, 11) is 0. The normalized spacial score (nSPS) is 15.6. The van der Waals surface area contributed by atoms with Gasteiger partial charge in [0.25, 0.3) is 11.1 Å². The lowest BCUT2D eigenvalue weighted by Crippen LogP contribution is -2.36. The van der Waals surface area contributed by atoms with Crippen LogP contribution in [0.5, 0.6) is 0 Å². The molecule has 5 nitrogen and oxygen atoms in total. The van der Waals surface area contributed by atoms with Gasteiger partial charge in [0.15, 0.2) is 0 Å². The van der Waals surface area contributed by atoms with Crippen LogP contribution in [0.2, 0.25) is 0 Å². The second-order valence-corrected chi connectivity index (χ2v) is 7.09. The van der Waals surface area contributed by atoms with E-state index in [4.69, 9.17) is 0 Å². The van der Waals surface area contributed by atoms with E-state index < -0.39 is 17.1 Å². The van der Waals surface area contributed by atoms with E-state index in [2.05, 4.69) is 5.32 Å². The summed E-state index contributed by atoms with van der Waals surface area (Å²) in [5.41, 5.74) is 3.56. The van der Waals surface area contributed by atoms with Crippen LogP contribution in [-0.2, 0) is 9.59 Å². The molecule has 26 heavy (non-hydrogen) atoms. The molecule has 1 N–H and O–H groups in total.